The van der Waals surface area contributed by atoms with Gasteiger partial charge in [-0.15, -0.1) is 0 Å². The molecule has 1 aliphatic carbocycles. The molecule has 42 heteroatoms. The van der Waals surface area contributed by atoms with E-state index in [9.17, 15) is 123 Å². The normalized spacial score (nSPS) is 44.5. The molecule has 42 nitrogen and oxygen atoms in total. The summed E-state index contributed by atoms with van der Waals surface area (Å²) >= 11 is 0. The molecule has 30 atom stereocenters. The van der Waals surface area contributed by atoms with Gasteiger partial charge in [-0.1, -0.05) is 0 Å². The highest BCUT2D eigenvalue weighted by atomic mass is 16.7. The van der Waals surface area contributed by atoms with Crippen molar-refractivity contribution in [1.29, 1.82) is 0 Å². The molecular formula is C60H108O42. The second kappa shape index (κ2) is 43.6. The Morgan fingerprint density at radius 3 is 0.392 bits per heavy atom. The van der Waals surface area contributed by atoms with Gasteiger partial charge in [-0.2, -0.15) is 0 Å². The molecule has 0 aromatic heterocycles. The quantitative estimate of drug-likeness (QED) is 0.0252. The maximum Gasteiger partial charge on any atom is 0.186 e. The molecule has 7 fully saturated rings. The van der Waals surface area contributed by atoms with Crippen LogP contribution in [0.3, 0.4) is 0 Å². The van der Waals surface area contributed by atoms with Crippen molar-refractivity contribution < 1.29 is 208 Å². The summed E-state index contributed by atoms with van der Waals surface area (Å²) in [6, 6.07) is 0. The first-order valence-electron chi connectivity index (χ1n) is 34.1. The van der Waals surface area contributed by atoms with Gasteiger partial charge in [-0.05, 0) is 38.5 Å². The molecule has 0 amide bonds. The largest absolute Gasteiger partial charge is 0.394 e. The molecule has 1 saturated carbocycles. The van der Waals surface area contributed by atoms with Crippen LogP contribution in [-0.4, -0.2) is 462 Å². The Morgan fingerprint density at radius 1 is 0.157 bits per heavy atom. The lowest BCUT2D eigenvalue weighted by Gasteiger charge is -2.50. The second-order valence-electron chi connectivity index (χ2n) is 25.5. The molecule has 6 aliphatic heterocycles. The summed E-state index contributed by atoms with van der Waals surface area (Å²) in [4.78, 5) is 0. The zero-order valence-corrected chi connectivity index (χ0v) is 55.8. The summed E-state index contributed by atoms with van der Waals surface area (Å²) in [5, 5.41) is 249. The molecule has 0 radical (unpaired) electrons. The number of hydrogen-bond donors (Lipinski definition) is 24. The first-order valence-corrected chi connectivity index (χ1v) is 34.1. The Hall–Kier alpha value is -1.68. The zero-order valence-electron chi connectivity index (χ0n) is 55.8. The standard InChI is InChI=1S/C60H108O42/c61-19-25-31(67)37(73)43(79)55(97-25)91-13-1-7-85-49-50(86-8-2-14-92-56-44(80)38(74)32(68)26(20-62)98-56)52(88-10-4-16-94-58-46(82)40(76)34(70)28(22-64)100-58)54(90-12-6-18-96-60-48(84)42(78)36(72)30(24-66)102-60)53(89-11-5-17-95-59-47(83)41(77)35(71)29(23-65)101-59)51(49)87-9-3-15-93-57-45(81)39(75)33(69)27(21-63)99-57/h25-84H,1-24H2. The fraction of sp³-hybridized carbons (Fsp3) is 1.00. The van der Waals surface area contributed by atoms with Gasteiger partial charge in [0.1, 0.15) is 183 Å². The Balaban J connectivity index is 1.22. The van der Waals surface area contributed by atoms with E-state index in [2.05, 4.69) is 0 Å². The Bertz CT molecular complexity index is 1860. The summed E-state index contributed by atoms with van der Waals surface area (Å²) < 4.78 is 108. The molecule has 0 aromatic rings. The van der Waals surface area contributed by atoms with Crippen molar-refractivity contribution >= 4 is 0 Å². The Labute approximate surface area is 584 Å². The van der Waals surface area contributed by atoms with Crippen molar-refractivity contribution in [3.8, 4) is 0 Å². The van der Waals surface area contributed by atoms with Crippen LogP contribution in [0.1, 0.15) is 38.5 Å². The van der Waals surface area contributed by atoms with E-state index in [1.165, 1.54) is 0 Å². The summed E-state index contributed by atoms with van der Waals surface area (Å²) in [5.41, 5.74) is 0. The van der Waals surface area contributed by atoms with Crippen molar-refractivity contribution in [3.63, 3.8) is 0 Å². The average molecular weight is 1500 g/mol. The molecular weight excluding hydrogens is 1390 g/mol. The van der Waals surface area contributed by atoms with Crippen LogP contribution in [0.5, 0.6) is 0 Å². The van der Waals surface area contributed by atoms with Gasteiger partial charge < -0.3 is 208 Å². The lowest BCUT2D eigenvalue weighted by Crippen LogP contribution is -2.68. The molecule has 0 spiro atoms. The monoisotopic (exact) mass is 1500 g/mol. The number of ether oxygens (including phenoxy) is 18. The molecule has 0 aromatic carbocycles. The molecule has 600 valence electrons. The predicted molar refractivity (Wildman–Crippen MR) is 324 cm³/mol. The van der Waals surface area contributed by atoms with Gasteiger partial charge >= 0.3 is 0 Å². The van der Waals surface area contributed by atoms with E-state index in [0.29, 0.717) is 0 Å². The van der Waals surface area contributed by atoms with Gasteiger partial charge in [-0.3, -0.25) is 0 Å². The third-order valence-electron chi connectivity index (χ3n) is 18.3. The molecule has 6 saturated heterocycles. The zero-order chi connectivity index (χ0) is 74.5. The number of aliphatic hydroxyl groups excluding tert-OH is 24. The van der Waals surface area contributed by atoms with Gasteiger partial charge in [0.05, 0.1) is 79.3 Å². The predicted octanol–water partition coefficient (Wildman–Crippen LogP) is -14.4. The molecule has 6 heterocycles. The third kappa shape index (κ3) is 22.7. The van der Waals surface area contributed by atoms with Crippen LogP contribution in [0.15, 0.2) is 0 Å². The van der Waals surface area contributed by atoms with Crippen molar-refractivity contribution in [2.75, 3.05) is 119 Å². The lowest BCUT2D eigenvalue weighted by molar-refractivity contribution is -0.307. The van der Waals surface area contributed by atoms with Crippen molar-refractivity contribution in [1.82, 2.24) is 0 Å². The third-order valence-corrected chi connectivity index (χ3v) is 18.3. The van der Waals surface area contributed by atoms with Gasteiger partial charge in [0.2, 0.25) is 0 Å². The summed E-state index contributed by atoms with van der Waals surface area (Å²) in [5.74, 6) is 0. The number of hydrogen-bond acceptors (Lipinski definition) is 42. The first kappa shape index (κ1) is 87.5. The molecule has 0 bridgehead atoms. The van der Waals surface area contributed by atoms with E-state index >= 15 is 0 Å². The molecule has 24 N–H and O–H groups in total. The fourth-order valence-corrected chi connectivity index (χ4v) is 12.4. The summed E-state index contributed by atoms with van der Waals surface area (Å²) in [6.07, 6.45) is -58.0. The smallest absolute Gasteiger partial charge is 0.186 e. The first-order chi connectivity index (χ1) is 48.9. The molecule has 7 rings (SSSR count). The second-order valence-corrected chi connectivity index (χ2v) is 25.5. The topological polar surface area (TPSA) is 652 Å². The van der Waals surface area contributed by atoms with E-state index in [0.717, 1.165) is 0 Å². The fourth-order valence-electron chi connectivity index (χ4n) is 12.4. The average Bonchev–Trinajstić information content (AvgIpc) is 0.763. The van der Waals surface area contributed by atoms with Crippen molar-refractivity contribution in [3.05, 3.63) is 0 Å². The van der Waals surface area contributed by atoms with E-state index < -0.39 is 261 Å². The van der Waals surface area contributed by atoms with E-state index in [-0.39, 0.29) is 118 Å². The molecule has 7 aliphatic rings. The summed E-state index contributed by atoms with van der Waals surface area (Å²) in [6.45, 7) is -8.16. The van der Waals surface area contributed by atoms with Gasteiger partial charge in [0.25, 0.3) is 0 Å². The van der Waals surface area contributed by atoms with Crippen LogP contribution in [0.4, 0.5) is 0 Å². The van der Waals surface area contributed by atoms with Gasteiger partial charge in [0, 0.05) is 39.6 Å². The maximum absolute atomic E-state index is 10.8. The van der Waals surface area contributed by atoms with Crippen LogP contribution < -0.4 is 0 Å². The molecule has 102 heavy (non-hydrogen) atoms. The maximum atomic E-state index is 10.8. The highest BCUT2D eigenvalue weighted by Crippen LogP contribution is 2.36. The summed E-state index contributed by atoms with van der Waals surface area (Å²) in [7, 11) is 0. The highest BCUT2D eigenvalue weighted by molar-refractivity contribution is 5.05. The van der Waals surface area contributed by atoms with Gasteiger partial charge in [0.15, 0.2) is 37.7 Å². The molecule has 30 unspecified atom stereocenters. The van der Waals surface area contributed by atoms with Crippen molar-refractivity contribution in [2.45, 2.75) is 259 Å². The lowest BCUT2D eigenvalue weighted by atomic mass is 9.83. The van der Waals surface area contributed by atoms with Crippen LogP contribution in [0, 0.1) is 0 Å². The van der Waals surface area contributed by atoms with E-state index in [1.807, 2.05) is 0 Å². The Kier molecular flexibility index (Phi) is 37.5. The number of aliphatic hydroxyl groups is 24. The van der Waals surface area contributed by atoms with E-state index in [4.69, 9.17) is 85.3 Å². The Morgan fingerprint density at radius 2 is 0.275 bits per heavy atom. The number of rotatable bonds is 42. The van der Waals surface area contributed by atoms with E-state index in [1.54, 1.807) is 0 Å². The van der Waals surface area contributed by atoms with Gasteiger partial charge in [-0.25, -0.2) is 0 Å². The van der Waals surface area contributed by atoms with Crippen LogP contribution in [0.25, 0.3) is 0 Å². The minimum Gasteiger partial charge on any atom is -0.394 e. The van der Waals surface area contributed by atoms with Crippen LogP contribution >= 0.6 is 0 Å². The SMILES string of the molecule is OCC1OC(OCCCOC2C(OCCCOC3OC(CO)C(O)C(O)C3O)C(OCCCOC3OC(CO)C(O)C(O)C3O)C(OCCCOC3OC(CO)C(O)C(O)C3O)C(OCCCOC3OC(CO)C(O)C(O)C3O)C2OCCCOC2OC(CO)C(O)C(O)C2O)C(O)C(O)C1O. The van der Waals surface area contributed by atoms with Crippen molar-refractivity contribution in [2.24, 2.45) is 0 Å². The minimum absolute atomic E-state index is 0.0686. The minimum atomic E-state index is -1.79. The van der Waals surface area contributed by atoms with Crippen LogP contribution in [0.2, 0.25) is 0 Å². The highest BCUT2D eigenvalue weighted by Gasteiger charge is 2.56. The van der Waals surface area contributed by atoms with Crippen LogP contribution in [-0.2, 0) is 85.3 Å².